The lowest BCUT2D eigenvalue weighted by atomic mass is 9.99. The van der Waals surface area contributed by atoms with Gasteiger partial charge in [0.15, 0.2) is 0 Å². The zero-order valence-corrected chi connectivity index (χ0v) is 12.7. The number of alkyl halides is 3. The Kier molecular flexibility index (Phi) is 5.33. The number of benzene rings is 1. The van der Waals surface area contributed by atoms with Crippen LogP contribution in [0.5, 0.6) is 0 Å². The van der Waals surface area contributed by atoms with E-state index in [2.05, 4.69) is 5.32 Å². The average molecular weight is 310 g/mol. The fourth-order valence-corrected chi connectivity index (χ4v) is 2.12. The van der Waals surface area contributed by atoms with Crippen LogP contribution in [0, 0.1) is 0 Å². The molecular weight excluding hydrogens is 291 g/mol. The van der Waals surface area contributed by atoms with Crippen molar-refractivity contribution in [2.24, 2.45) is 0 Å². The highest BCUT2D eigenvalue weighted by molar-refractivity contribution is 6.33. The number of rotatable bonds is 5. The highest BCUT2D eigenvalue weighted by Crippen LogP contribution is 2.34. The Morgan fingerprint density at radius 3 is 2.40 bits per heavy atom. The molecule has 2 nitrogen and oxygen atoms in total. The molecular formula is C14H19ClF3NO. The van der Waals surface area contributed by atoms with E-state index < -0.39 is 11.7 Å². The summed E-state index contributed by atoms with van der Waals surface area (Å²) in [4.78, 5) is 0. The van der Waals surface area contributed by atoms with Gasteiger partial charge in [0.25, 0.3) is 0 Å². The van der Waals surface area contributed by atoms with Crippen LogP contribution in [-0.2, 0) is 10.9 Å². The molecule has 0 fully saturated rings. The van der Waals surface area contributed by atoms with Gasteiger partial charge < -0.3 is 10.1 Å². The molecule has 0 spiro atoms. The van der Waals surface area contributed by atoms with E-state index in [0.717, 1.165) is 12.1 Å². The Balaban J connectivity index is 2.87. The minimum atomic E-state index is -4.38. The Morgan fingerprint density at radius 1 is 1.30 bits per heavy atom. The number of nitrogens with one attached hydrogen (secondary N) is 1. The molecule has 0 heterocycles. The summed E-state index contributed by atoms with van der Waals surface area (Å²) >= 11 is 5.93. The summed E-state index contributed by atoms with van der Waals surface area (Å²) in [6.45, 7) is 5.70. The van der Waals surface area contributed by atoms with Gasteiger partial charge in [0, 0.05) is 13.2 Å². The highest BCUT2D eigenvalue weighted by Gasteiger charge is 2.31. The fraction of sp³-hybridized carbons (Fsp3) is 0.571. The lowest BCUT2D eigenvalue weighted by Gasteiger charge is -2.28. The number of hydrogen-bond donors (Lipinski definition) is 1. The monoisotopic (exact) mass is 309 g/mol. The number of ether oxygens (including phenoxy) is 1. The maximum Gasteiger partial charge on any atom is 0.416 e. The molecule has 1 N–H and O–H groups in total. The van der Waals surface area contributed by atoms with E-state index in [4.69, 9.17) is 16.3 Å². The minimum Gasteiger partial charge on any atom is -0.381 e. The van der Waals surface area contributed by atoms with Crippen molar-refractivity contribution in [1.29, 1.82) is 0 Å². The molecule has 0 aliphatic carbocycles. The van der Waals surface area contributed by atoms with Crippen LogP contribution in [0.2, 0.25) is 5.02 Å². The molecule has 0 radical (unpaired) electrons. The molecule has 0 aliphatic rings. The smallest absolute Gasteiger partial charge is 0.381 e. The third kappa shape index (κ3) is 4.87. The van der Waals surface area contributed by atoms with Crippen molar-refractivity contribution in [2.75, 3.05) is 12.4 Å². The van der Waals surface area contributed by atoms with Gasteiger partial charge >= 0.3 is 6.18 Å². The van der Waals surface area contributed by atoms with Gasteiger partial charge in [-0.1, -0.05) is 11.6 Å². The van der Waals surface area contributed by atoms with E-state index in [1.807, 2.05) is 20.8 Å². The summed E-state index contributed by atoms with van der Waals surface area (Å²) in [6.07, 6.45) is -3.74. The molecule has 114 valence electrons. The molecule has 0 amide bonds. The van der Waals surface area contributed by atoms with Crippen LogP contribution in [0.1, 0.15) is 32.8 Å². The van der Waals surface area contributed by atoms with E-state index in [9.17, 15) is 13.2 Å². The second-order valence-corrected chi connectivity index (χ2v) is 5.81. The van der Waals surface area contributed by atoms with Gasteiger partial charge in [-0.2, -0.15) is 13.2 Å². The molecule has 1 atom stereocenters. The number of anilines is 1. The molecule has 0 saturated carbocycles. The maximum absolute atomic E-state index is 12.7. The fourth-order valence-electron chi connectivity index (χ4n) is 1.95. The van der Waals surface area contributed by atoms with Crippen molar-refractivity contribution < 1.29 is 17.9 Å². The maximum atomic E-state index is 12.7. The van der Waals surface area contributed by atoms with E-state index in [1.54, 1.807) is 7.11 Å². The summed E-state index contributed by atoms with van der Waals surface area (Å²) in [5, 5.41) is 3.27. The highest BCUT2D eigenvalue weighted by atomic mass is 35.5. The van der Waals surface area contributed by atoms with Crippen molar-refractivity contribution in [3.8, 4) is 0 Å². The Hall–Kier alpha value is -0.940. The van der Waals surface area contributed by atoms with Crippen molar-refractivity contribution in [3.05, 3.63) is 28.8 Å². The van der Waals surface area contributed by atoms with Crippen LogP contribution < -0.4 is 5.32 Å². The Labute approximate surface area is 122 Å². The standard InChI is InChI=1S/C14H19ClF3NO/c1-9(8-13(2,3)20-4)19-12-7-10(14(16,17)18)5-6-11(12)15/h5-7,9,19H,8H2,1-4H3. The summed E-state index contributed by atoms with van der Waals surface area (Å²) in [5.74, 6) is 0. The minimum absolute atomic E-state index is 0.0778. The van der Waals surface area contributed by atoms with Gasteiger partial charge in [-0.05, 0) is 45.4 Å². The van der Waals surface area contributed by atoms with E-state index in [1.165, 1.54) is 6.07 Å². The molecule has 20 heavy (non-hydrogen) atoms. The zero-order valence-electron chi connectivity index (χ0n) is 11.9. The first-order chi connectivity index (χ1) is 9.05. The van der Waals surface area contributed by atoms with Crippen molar-refractivity contribution in [2.45, 2.75) is 45.0 Å². The van der Waals surface area contributed by atoms with Gasteiger partial charge in [-0.15, -0.1) is 0 Å². The first-order valence-electron chi connectivity index (χ1n) is 6.23. The lowest BCUT2D eigenvalue weighted by Crippen LogP contribution is -2.31. The second-order valence-electron chi connectivity index (χ2n) is 5.41. The number of methoxy groups -OCH3 is 1. The molecule has 1 aromatic carbocycles. The predicted octanol–water partition coefficient (Wildman–Crippen LogP) is 4.97. The van der Waals surface area contributed by atoms with Crippen LogP contribution in [0.4, 0.5) is 18.9 Å². The quantitative estimate of drug-likeness (QED) is 0.828. The van der Waals surface area contributed by atoms with Gasteiger partial charge in [-0.3, -0.25) is 0 Å². The van der Waals surface area contributed by atoms with Crippen LogP contribution in [0.15, 0.2) is 18.2 Å². The van der Waals surface area contributed by atoms with Gasteiger partial charge in [0.1, 0.15) is 0 Å². The van der Waals surface area contributed by atoms with Gasteiger partial charge in [0.05, 0.1) is 21.9 Å². The molecule has 0 aromatic heterocycles. The molecule has 1 aromatic rings. The average Bonchev–Trinajstić information content (AvgIpc) is 2.30. The largest absolute Gasteiger partial charge is 0.416 e. The zero-order chi connectivity index (χ0) is 15.6. The van der Waals surface area contributed by atoms with Crippen molar-refractivity contribution >= 4 is 17.3 Å². The summed E-state index contributed by atoms with van der Waals surface area (Å²) in [6, 6.07) is 3.17. The molecule has 0 saturated heterocycles. The van der Waals surface area contributed by atoms with E-state index in [0.29, 0.717) is 6.42 Å². The summed E-state index contributed by atoms with van der Waals surface area (Å²) < 4.78 is 43.3. The Bertz CT molecular complexity index is 460. The summed E-state index contributed by atoms with van der Waals surface area (Å²) in [7, 11) is 1.60. The van der Waals surface area contributed by atoms with Crippen LogP contribution in [-0.4, -0.2) is 18.8 Å². The first-order valence-corrected chi connectivity index (χ1v) is 6.61. The molecule has 0 bridgehead atoms. The Morgan fingerprint density at radius 2 is 1.90 bits per heavy atom. The van der Waals surface area contributed by atoms with Crippen molar-refractivity contribution in [3.63, 3.8) is 0 Å². The van der Waals surface area contributed by atoms with Crippen LogP contribution in [0.3, 0.4) is 0 Å². The molecule has 1 unspecified atom stereocenters. The summed E-state index contributed by atoms with van der Waals surface area (Å²) in [5.41, 5.74) is -0.802. The third-order valence-corrected chi connectivity index (χ3v) is 3.38. The molecule has 0 aliphatic heterocycles. The molecule has 1 rings (SSSR count). The van der Waals surface area contributed by atoms with Crippen LogP contribution >= 0.6 is 11.6 Å². The second kappa shape index (κ2) is 6.22. The van der Waals surface area contributed by atoms with E-state index in [-0.39, 0.29) is 22.4 Å². The number of halogens is 4. The normalized spacial score (nSPS) is 14.2. The lowest BCUT2D eigenvalue weighted by molar-refractivity contribution is -0.137. The predicted molar refractivity (Wildman–Crippen MR) is 75.2 cm³/mol. The van der Waals surface area contributed by atoms with Gasteiger partial charge in [-0.25, -0.2) is 0 Å². The first kappa shape index (κ1) is 17.1. The van der Waals surface area contributed by atoms with Crippen LogP contribution in [0.25, 0.3) is 0 Å². The molecule has 6 heteroatoms. The third-order valence-electron chi connectivity index (χ3n) is 3.05. The van der Waals surface area contributed by atoms with Crippen molar-refractivity contribution in [1.82, 2.24) is 0 Å². The SMILES string of the molecule is COC(C)(C)CC(C)Nc1cc(C(F)(F)F)ccc1Cl. The number of hydrogen-bond acceptors (Lipinski definition) is 2. The topological polar surface area (TPSA) is 21.3 Å². The van der Waals surface area contributed by atoms with E-state index >= 15 is 0 Å². The van der Waals surface area contributed by atoms with Gasteiger partial charge in [0.2, 0.25) is 0 Å².